The molecule has 1 aliphatic heterocycles. The van der Waals surface area contributed by atoms with E-state index in [1.807, 2.05) is 30.7 Å². The van der Waals surface area contributed by atoms with Crippen molar-refractivity contribution in [2.75, 3.05) is 24.1 Å². The number of nitrogen functional groups attached to an aromatic ring is 1. The first-order valence-electron chi connectivity index (χ1n) is 8.90. The SMILES string of the molecule is C=C(Nc1cc(-c2ccc(F)cc2)ccc1N)N1CC(Cn2ccnc2)C1. The smallest absolute Gasteiger partial charge is 0.123 e. The van der Waals surface area contributed by atoms with E-state index in [2.05, 4.69) is 26.3 Å². The zero-order valence-corrected chi connectivity index (χ0v) is 15.0. The van der Waals surface area contributed by atoms with E-state index in [1.54, 1.807) is 18.3 Å². The molecule has 0 saturated carbocycles. The van der Waals surface area contributed by atoms with Crippen LogP contribution < -0.4 is 11.1 Å². The van der Waals surface area contributed by atoms with Crippen LogP contribution in [0.5, 0.6) is 0 Å². The maximum Gasteiger partial charge on any atom is 0.123 e. The molecule has 2 heterocycles. The molecule has 1 aliphatic rings. The molecule has 5 nitrogen and oxygen atoms in total. The number of likely N-dealkylation sites (tertiary alicyclic amines) is 1. The van der Waals surface area contributed by atoms with Crippen LogP contribution >= 0.6 is 0 Å². The van der Waals surface area contributed by atoms with Crippen molar-refractivity contribution in [2.45, 2.75) is 6.54 Å². The zero-order chi connectivity index (χ0) is 18.8. The molecule has 1 aromatic heterocycles. The van der Waals surface area contributed by atoms with Gasteiger partial charge in [-0.05, 0) is 35.4 Å². The number of anilines is 2. The molecular weight excluding hydrogens is 341 g/mol. The summed E-state index contributed by atoms with van der Waals surface area (Å²) in [6.07, 6.45) is 5.63. The van der Waals surface area contributed by atoms with Crippen LogP contribution in [0.1, 0.15) is 0 Å². The lowest BCUT2D eigenvalue weighted by molar-refractivity contribution is 0.129. The number of nitrogens with two attached hydrogens (primary N) is 1. The Hall–Kier alpha value is -3.28. The van der Waals surface area contributed by atoms with Crippen LogP contribution in [0, 0.1) is 11.7 Å². The van der Waals surface area contributed by atoms with Gasteiger partial charge in [0.15, 0.2) is 0 Å². The van der Waals surface area contributed by atoms with E-state index in [9.17, 15) is 4.39 Å². The topological polar surface area (TPSA) is 59.1 Å². The van der Waals surface area contributed by atoms with Crippen molar-refractivity contribution >= 4 is 11.4 Å². The first-order valence-corrected chi connectivity index (χ1v) is 8.90. The highest BCUT2D eigenvalue weighted by atomic mass is 19.1. The lowest BCUT2D eigenvalue weighted by atomic mass is 10.0. The standard InChI is InChI=1S/C21H22FN5/c1-15(27-12-16(13-27)11-26-9-8-24-14-26)25-21-10-18(4-7-20(21)23)17-2-5-19(22)6-3-17/h2-10,14,16,25H,1,11-13,23H2. The van der Waals surface area contributed by atoms with Crippen LogP contribution in [0.25, 0.3) is 11.1 Å². The molecule has 0 unspecified atom stereocenters. The molecule has 27 heavy (non-hydrogen) atoms. The fourth-order valence-corrected chi connectivity index (χ4v) is 3.32. The van der Waals surface area contributed by atoms with Crippen LogP contribution in [-0.4, -0.2) is 27.5 Å². The molecule has 138 valence electrons. The lowest BCUT2D eigenvalue weighted by Gasteiger charge is -2.42. The quantitative estimate of drug-likeness (QED) is 0.654. The van der Waals surface area contributed by atoms with Crippen molar-refractivity contribution in [3.63, 3.8) is 0 Å². The van der Waals surface area contributed by atoms with Gasteiger partial charge in [0.05, 0.1) is 23.5 Å². The number of hydrogen-bond acceptors (Lipinski definition) is 4. The fourth-order valence-electron chi connectivity index (χ4n) is 3.32. The highest BCUT2D eigenvalue weighted by Gasteiger charge is 2.28. The third kappa shape index (κ3) is 3.79. The number of halogens is 1. The molecule has 0 aliphatic carbocycles. The van der Waals surface area contributed by atoms with Crippen molar-refractivity contribution in [2.24, 2.45) is 5.92 Å². The van der Waals surface area contributed by atoms with E-state index < -0.39 is 0 Å². The molecule has 0 atom stereocenters. The molecule has 0 amide bonds. The Kier molecular flexibility index (Phi) is 4.54. The van der Waals surface area contributed by atoms with Gasteiger partial charge in [-0.2, -0.15) is 0 Å². The van der Waals surface area contributed by atoms with E-state index in [-0.39, 0.29) is 5.82 Å². The monoisotopic (exact) mass is 363 g/mol. The summed E-state index contributed by atoms with van der Waals surface area (Å²) in [4.78, 5) is 6.28. The van der Waals surface area contributed by atoms with E-state index in [4.69, 9.17) is 5.73 Å². The molecule has 0 bridgehead atoms. The second-order valence-electron chi connectivity index (χ2n) is 6.91. The van der Waals surface area contributed by atoms with Gasteiger partial charge in [0.2, 0.25) is 0 Å². The Bertz CT molecular complexity index is 928. The number of aromatic nitrogens is 2. The van der Waals surface area contributed by atoms with Gasteiger partial charge in [-0.25, -0.2) is 9.37 Å². The van der Waals surface area contributed by atoms with Gasteiger partial charge >= 0.3 is 0 Å². The van der Waals surface area contributed by atoms with Crippen LogP contribution in [-0.2, 0) is 6.54 Å². The summed E-state index contributed by atoms with van der Waals surface area (Å²) in [7, 11) is 0. The number of nitrogens with one attached hydrogen (secondary N) is 1. The first-order chi connectivity index (χ1) is 13.1. The number of imidazole rings is 1. The Morgan fingerprint density at radius 2 is 1.93 bits per heavy atom. The highest BCUT2D eigenvalue weighted by molar-refractivity contribution is 5.77. The van der Waals surface area contributed by atoms with Crippen molar-refractivity contribution in [3.05, 3.63) is 79.4 Å². The molecule has 1 fully saturated rings. The van der Waals surface area contributed by atoms with Crippen LogP contribution in [0.15, 0.2) is 73.6 Å². The van der Waals surface area contributed by atoms with Gasteiger partial charge in [-0.15, -0.1) is 0 Å². The largest absolute Gasteiger partial charge is 0.397 e. The highest BCUT2D eigenvalue weighted by Crippen LogP contribution is 2.30. The summed E-state index contributed by atoms with van der Waals surface area (Å²) in [6.45, 7) is 7.01. The molecule has 6 heteroatoms. The normalized spacial score (nSPS) is 14.0. The summed E-state index contributed by atoms with van der Waals surface area (Å²) < 4.78 is 15.2. The maximum atomic E-state index is 13.1. The third-order valence-corrected chi connectivity index (χ3v) is 4.88. The summed E-state index contributed by atoms with van der Waals surface area (Å²) in [6, 6.07) is 12.2. The Morgan fingerprint density at radius 1 is 1.19 bits per heavy atom. The van der Waals surface area contributed by atoms with Crippen LogP contribution in [0.3, 0.4) is 0 Å². The third-order valence-electron chi connectivity index (χ3n) is 4.88. The minimum atomic E-state index is -0.246. The van der Waals surface area contributed by atoms with Gasteiger partial charge in [0.25, 0.3) is 0 Å². The second kappa shape index (κ2) is 7.15. The lowest BCUT2D eigenvalue weighted by Crippen LogP contribution is -2.48. The molecule has 4 rings (SSSR count). The number of rotatable bonds is 6. The van der Waals surface area contributed by atoms with E-state index >= 15 is 0 Å². The maximum absolute atomic E-state index is 13.1. The minimum absolute atomic E-state index is 0.246. The summed E-state index contributed by atoms with van der Waals surface area (Å²) in [5.41, 5.74) is 9.49. The van der Waals surface area contributed by atoms with Gasteiger partial charge in [0, 0.05) is 37.9 Å². The Morgan fingerprint density at radius 3 is 2.63 bits per heavy atom. The number of nitrogens with zero attached hydrogens (tertiary/aromatic N) is 3. The number of benzene rings is 2. The van der Waals surface area contributed by atoms with Gasteiger partial charge in [0.1, 0.15) is 5.82 Å². The fraction of sp³-hybridized carbons (Fsp3) is 0.190. The van der Waals surface area contributed by atoms with E-state index in [0.29, 0.717) is 11.6 Å². The molecule has 2 aromatic carbocycles. The summed E-state index contributed by atoms with van der Waals surface area (Å²) in [5.74, 6) is 1.17. The molecule has 3 aromatic rings. The molecular formula is C21H22FN5. The first kappa shape index (κ1) is 17.1. The van der Waals surface area contributed by atoms with Gasteiger partial charge < -0.3 is 20.5 Å². The molecule has 0 radical (unpaired) electrons. The van der Waals surface area contributed by atoms with Gasteiger partial charge in [-0.3, -0.25) is 0 Å². The Balaban J connectivity index is 1.39. The van der Waals surface area contributed by atoms with Crippen LogP contribution in [0.2, 0.25) is 0 Å². The zero-order valence-electron chi connectivity index (χ0n) is 15.0. The van der Waals surface area contributed by atoms with Crippen LogP contribution in [0.4, 0.5) is 15.8 Å². The minimum Gasteiger partial charge on any atom is -0.397 e. The van der Waals surface area contributed by atoms with Crippen molar-refractivity contribution in [1.29, 1.82) is 0 Å². The van der Waals surface area contributed by atoms with Crippen molar-refractivity contribution in [3.8, 4) is 11.1 Å². The predicted octanol–water partition coefficient (Wildman–Crippen LogP) is 3.79. The van der Waals surface area contributed by atoms with E-state index in [0.717, 1.165) is 42.3 Å². The molecule has 0 spiro atoms. The summed E-state index contributed by atoms with van der Waals surface area (Å²) in [5, 5.41) is 3.33. The Labute approximate surface area is 157 Å². The van der Waals surface area contributed by atoms with Crippen molar-refractivity contribution < 1.29 is 4.39 Å². The average molecular weight is 363 g/mol. The van der Waals surface area contributed by atoms with Gasteiger partial charge in [-0.1, -0.05) is 24.8 Å². The second-order valence-corrected chi connectivity index (χ2v) is 6.91. The van der Waals surface area contributed by atoms with E-state index in [1.165, 1.54) is 12.1 Å². The predicted molar refractivity (Wildman–Crippen MR) is 106 cm³/mol. The molecule has 1 saturated heterocycles. The average Bonchev–Trinajstić information content (AvgIpc) is 3.13. The summed E-state index contributed by atoms with van der Waals surface area (Å²) >= 11 is 0. The number of hydrogen-bond donors (Lipinski definition) is 2. The van der Waals surface area contributed by atoms with Crippen molar-refractivity contribution in [1.82, 2.24) is 14.5 Å². The molecule has 3 N–H and O–H groups in total.